The molecule has 2 aromatic heterocycles. The molecule has 1 unspecified atom stereocenters. The van der Waals surface area contributed by atoms with E-state index >= 15 is 0 Å². The maximum atomic E-state index is 4.65. The Bertz CT molecular complexity index is 492. The molecule has 4 heteroatoms. The molecule has 1 N–H and O–H groups in total. The van der Waals surface area contributed by atoms with Crippen molar-refractivity contribution in [2.24, 2.45) is 0 Å². The van der Waals surface area contributed by atoms with Crippen LogP contribution in [-0.4, -0.2) is 28.0 Å². The fraction of sp³-hybridized carbons (Fsp3) is 0.308. The van der Waals surface area contributed by atoms with E-state index in [1.165, 1.54) is 0 Å². The van der Waals surface area contributed by atoms with Gasteiger partial charge in [-0.15, -0.1) is 0 Å². The van der Waals surface area contributed by atoms with E-state index in [0.29, 0.717) is 5.92 Å². The Morgan fingerprint density at radius 2 is 2.00 bits per heavy atom. The molecule has 86 valence electrons. The Morgan fingerprint density at radius 1 is 1.12 bits per heavy atom. The van der Waals surface area contributed by atoms with Crippen LogP contribution in [-0.2, 0) is 0 Å². The largest absolute Gasteiger partial charge is 0.316 e. The van der Waals surface area contributed by atoms with Crippen LogP contribution < -0.4 is 5.32 Å². The maximum absolute atomic E-state index is 4.65. The lowest BCUT2D eigenvalue weighted by Crippen LogP contribution is -2.10. The van der Waals surface area contributed by atoms with E-state index in [-0.39, 0.29) is 0 Å². The number of nitrogens with zero attached hydrogens (tertiary/aromatic N) is 3. The maximum Gasteiger partial charge on any atom is 0.133 e. The van der Waals surface area contributed by atoms with Gasteiger partial charge in [-0.2, -0.15) is 0 Å². The zero-order valence-corrected chi connectivity index (χ0v) is 9.50. The van der Waals surface area contributed by atoms with E-state index in [9.17, 15) is 0 Å². The van der Waals surface area contributed by atoms with Gasteiger partial charge in [-0.1, -0.05) is 0 Å². The van der Waals surface area contributed by atoms with Gasteiger partial charge in [-0.3, -0.25) is 4.98 Å². The summed E-state index contributed by atoms with van der Waals surface area (Å²) in [7, 11) is 0. The molecule has 3 heterocycles. The van der Waals surface area contributed by atoms with Crippen LogP contribution in [0.5, 0.6) is 0 Å². The van der Waals surface area contributed by atoms with Crippen LogP contribution in [0.4, 0.5) is 0 Å². The van der Waals surface area contributed by atoms with Crippen molar-refractivity contribution >= 4 is 0 Å². The van der Waals surface area contributed by atoms with Crippen molar-refractivity contribution in [2.75, 3.05) is 13.1 Å². The van der Waals surface area contributed by atoms with Crippen LogP contribution in [0.2, 0.25) is 0 Å². The average molecular weight is 226 g/mol. The predicted octanol–water partition coefficient (Wildman–Crippen LogP) is 1.62. The van der Waals surface area contributed by atoms with Gasteiger partial charge in [0.1, 0.15) is 5.82 Å². The second kappa shape index (κ2) is 4.59. The van der Waals surface area contributed by atoms with E-state index in [1.807, 2.05) is 24.4 Å². The van der Waals surface area contributed by atoms with Crippen LogP contribution in [0, 0.1) is 0 Å². The molecular weight excluding hydrogens is 212 g/mol. The summed E-state index contributed by atoms with van der Waals surface area (Å²) in [6.45, 7) is 2.05. The lowest BCUT2D eigenvalue weighted by Gasteiger charge is -2.08. The molecule has 0 aromatic carbocycles. The van der Waals surface area contributed by atoms with Crippen molar-refractivity contribution in [3.63, 3.8) is 0 Å². The lowest BCUT2D eigenvalue weighted by atomic mass is 10.1. The Hall–Kier alpha value is -1.81. The van der Waals surface area contributed by atoms with Crippen molar-refractivity contribution in [2.45, 2.75) is 12.3 Å². The van der Waals surface area contributed by atoms with Gasteiger partial charge in [0.15, 0.2) is 0 Å². The molecule has 3 rings (SSSR count). The Morgan fingerprint density at radius 3 is 2.76 bits per heavy atom. The van der Waals surface area contributed by atoms with Crippen LogP contribution in [0.15, 0.2) is 36.8 Å². The highest BCUT2D eigenvalue weighted by atomic mass is 15.0. The number of pyridine rings is 1. The normalized spacial score (nSPS) is 19.4. The van der Waals surface area contributed by atoms with Crippen molar-refractivity contribution in [3.05, 3.63) is 42.6 Å². The van der Waals surface area contributed by atoms with E-state index in [0.717, 1.165) is 36.6 Å². The van der Waals surface area contributed by atoms with Gasteiger partial charge in [0.2, 0.25) is 0 Å². The molecule has 4 nitrogen and oxygen atoms in total. The Labute approximate surface area is 100 Å². The summed E-state index contributed by atoms with van der Waals surface area (Å²) in [6, 6.07) is 5.89. The molecule has 1 atom stereocenters. The second-order valence-corrected chi connectivity index (χ2v) is 4.23. The molecule has 1 fully saturated rings. The van der Waals surface area contributed by atoms with Gasteiger partial charge in [-0.25, -0.2) is 9.97 Å². The Balaban J connectivity index is 1.94. The number of rotatable bonds is 2. The molecule has 0 bridgehead atoms. The summed E-state index contributed by atoms with van der Waals surface area (Å²) in [4.78, 5) is 13.0. The smallest absolute Gasteiger partial charge is 0.133 e. The molecule has 0 aliphatic carbocycles. The van der Waals surface area contributed by atoms with Crippen molar-refractivity contribution in [3.8, 4) is 11.3 Å². The monoisotopic (exact) mass is 226 g/mol. The fourth-order valence-electron chi connectivity index (χ4n) is 2.13. The van der Waals surface area contributed by atoms with Gasteiger partial charge in [0.05, 0.1) is 5.69 Å². The van der Waals surface area contributed by atoms with Crippen LogP contribution in [0.3, 0.4) is 0 Å². The summed E-state index contributed by atoms with van der Waals surface area (Å²) < 4.78 is 0. The highest BCUT2D eigenvalue weighted by Crippen LogP contribution is 2.21. The Kier molecular flexibility index (Phi) is 2.80. The van der Waals surface area contributed by atoms with Crippen molar-refractivity contribution in [1.82, 2.24) is 20.3 Å². The van der Waals surface area contributed by atoms with Crippen molar-refractivity contribution in [1.29, 1.82) is 0 Å². The van der Waals surface area contributed by atoms with Crippen LogP contribution in [0.25, 0.3) is 11.3 Å². The van der Waals surface area contributed by atoms with Gasteiger partial charge < -0.3 is 5.32 Å². The molecule has 1 aliphatic rings. The predicted molar refractivity (Wildman–Crippen MR) is 65.5 cm³/mol. The zero-order chi connectivity index (χ0) is 11.5. The zero-order valence-electron chi connectivity index (χ0n) is 9.50. The molecule has 0 amide bonds. The number of hydrogen-bond acceptors (Lipinski definition) is 4. The summed E-state index contributed by atoms with van der Waals surface area (Å²) in [6.07, 6.45) is 6.54. The van der Waals surface area contributed by atoms with Gasteiger partial charge in [0, 0.05) is 36.6 Å². The van der Waals surface area contributed by atoms with E-state index < -0.39 is 0 Å². The highest BCUT2D eigenvalue weighted by Gasteiger charge is 2.19. The van der Waals surface area contributed by atoms with Gasteiger partial charge in [0.25, 0.3) is 0 Å². The molecule has 17 heavy (non-hydrogen) atoms. The standard InChI is InChI=1S/C13H14N4/c1-5-14-6-2-10(1)12-4-8-16-13(17-12)11-3-7-15-9-11/h1-2,4-6,8,11,15H,3,7,9H2. The summed E-state index contributed by atoms with van der Waals surface area (Å²) in [5.41, 5.74) is 2.07. The molecule has 1 aliphatic heterocycles. The third-order valence-corrected chi connectivity index (χ3v) is 3.08. The number of aromatic nitrogens is 3. The quantitative estimate of drug-likeness (QED) is 0.845. The summed E-state index contributed by atoms with van der Waals surface area (Å²) >= 11 is 0. The summed E-state index contributed by atoms with van der Waals surface area (Å²) in [5, 5.41) is 3.34. The molecule has 0 spiro atoms. The van der Waals surface area contributed by atoms with Crippen LogP contribution in [0.1, 0.15) is 18.2 Å². The first-order chi connectivity index (χ1) is 8.43. The van der Waals surface area contributed by atoms with E-state index in [1.54, 1.807) is 12.4 Å². The third kappa shape index (κ3) is 2.17. The topological polar surface area (TPSA) is 50.7 Å². The second-order valence-electron chi connectivity index (χ2n) is 4.23. The number of nitrogens with one attached hydrogen (secondary N) is 1. The average Bonchev–Trinajstić information content (AvgIpc) is 2.94. The molecule has 1 saturated heterocycles. The first kappa shape index (κ1) is 10.4. The minimum Gasteiger partial charge on any atom is -0.316 e. The van der Waals surface area contributed by atoms with E-state index in [2.05, 4.69) is 20.3 Å². The van der Waals surface area contributed by atoms with E-state index in [4.69, 9.17) is 0 Å². The molecule has 0 saturated carbocycles. The molecule has 2 aromatic rings. The van der Waals surface area contributed by atoms with Gasteiger partial charge in [-0.05, 0) is 31.2 Å². The highest BCUT2D eigenvalue weighted by molar-refractivity contribution is 5.57. The van der Waals surface area contributed by atoms with Crippen LogP contribution >= 0.6 is 0 Å². The lowest BCUT2D eigenvalue weighted by molar-refractivity contribution is 0.703. The minimum atomic E-state index is 0.455. The molecule has 0 radical (unpaired) electrons. The van der Waals surface area contributed by atoms with Crippen molar-refractivity contribution < 1.29 is 0 Å². The fourth-order valence-corrected chi connectivity index (χ4v) is 2.13. The number of hydrogen-bond donors (Lipinski definition) is 1. The van der Waals surface area contributed by atoms with Gasteiger partial charge >= 0.3 is 0 Å². The SMILES string of the molecule is c1cc(-c2ccnc(C3CCNC3)n2)ccn1. The summed E-state index contributed by atoms with van der Waals surface area (Å²) in [5.74, 6) is 1.40. The minimum absolute atomic E-state index is 0.455. The third-order valence-electron chi connectivity index (χ3n) is 3.08. The molecular formula is C13H14N4. The first-order valence-corrected chi connectivity index (χ1v) is 5.87. The first-order valence-electron chi connectivity index (χ1n) is 5.87.